The van der Waals surface area contributed by atoms with E-state index in [1.807, 2.05) is 6.08 Å². The van der Waals surface area contributed by atoms with Crippen molar-refractivity contribution in [2.45, 2.75) is 31.1 Å². The van der Waals surface area contributed by atoms with Gasteiger partial charge in [-0.15, -0.1) is 11.6 Å². The Hall–Kier alpha value is -0.300. The van der Waals surface area contributed by atoms with E-state index >= 15 is 0 Å². The van der Waals surface area contributed by atoms with Crippen molar-refractivity contribution in [2.24, 2.45) is 0 Å². The van der Waals surface area contributed by atoms with E-state index in [1.165, 1.54) is 0 Å². The predicted octanol–water partition coefficient (Wildman–Crippen LogP) is 2.29. The summed E-state index contributed by atoms with van der Waals surface area (Å²) in [5.74, 6) is 0. The van der Waals surface area contributed by atoms with Crippen LogP contribution in [0.25, 0.3) is 0 Å². The molecular weight excluding hydrogens is 148 g/mol. The molecular formula is C8H11ClO. The minimum absolute atomic E-state index is 0.248. The minimum atomic E-state index is 0.248. The van der Waals surface area contributed by atoms with Gasteiger partial charge in [0.05, 0.1) is 0 Å². The van der Waals surface area contributed by atoms with Crippen LogP contribution in [0.1, 0.15) is 25.7 Å². The maximum Gasteiger partial charge on any atom is 0.145 e. The lowest BCUT2D eigenvalue weighted by atomic mass is 10.1. The van der Waals surface area contributed by atoms with Gasteiger partial charge < -0.3 is 0 Å². The quantitative estimate of drug-likeness (QED) is 0.423. The number of carbonyl (C=O) groups excluding carboxylic acids is 1. The first-order valence-electron chi connectivity index (χ1n) is 3.61. The standard InChI is InChI=1S/C8H11ClO/c9-8-3-1-2-7(6-10)4-5-8/h4,6,8H,1-3,5H2. The van der Waals surface area contributed by atoms with E-state index in [0.717, 1.165) is 37.5 Å². The highest BCUT2D eigenvalue weighted by atomic mass is 35.5. The summed E-state index contributed by atoms with van der Waals surface area (Å²) in [6.45, 7) is 0. The topological polar surface area (TPSA) is 17.1 Å². The fourth-order valence-corrected chi connectivity index (χ4v) is 1.38. The van der Waals surface area contributed by atoms with Crippen LogP contribution in [0.2, 0.25) is 0 Å². The number of hydrogen-bond donors (Lipinski definition) is 0. The molecule has 1 rings (SSSR count). The zero-order valence-electron chi connectivity index (χ0n) is 5.85. The van der Waals surface area contributed by atoms with E-state index in [0.29, 0.717) is 0 Å². The first-order valence-corrected chi connectivity index (χ1v) is 4.05. The van der Waals surface area contributed by atoms with Crippen molar-refractivity contribution in [1.29, 1.82) is 0 Å². The van der Waals surface area contributed by atoms with Crippen LogP contribution in [0.3, 0.4) is 0 Å². The molecule has 1 aliphatic carbocycles. The summed E-state index contributed by atoms with van der Waals surface area (Å²) in [6.07, 6.45) is 6.75. The second-order valence-corrected chi connectivity index (χ2v) is 3.24. The Bertz CT molecular complexity index is 151. The van der Waals surface area contributed by atoms with Gasteiger partial charge >= 0.3 is 0 Å². The van der Waals surface area contributed by atoms with Crippen LogP contribution in [0, 0.1) is 0 Å². The van der Waals surface area contributed by atoms with E-state index in [4.69, 9.17) is 11.6 Å². The van der Waals surface area contributed by atoms with Gasteiger partial charge in [0.1, 0.15) is 6.29 Å². The van der Waals surface area contributed by atoms with Gasteiger partial charge in [-0.2, -0.15) is 0 Å². The Morgan fingerprint density at radius 3 is 3.20 bits per heavy atom. The largest absolute Gasteiger partial charge is 0.298 e. The van der Waals surface area contributed by atoms with Crippen LogP contribution in [-0.2, 0) is 4.79 Å². The van der Waals surface area contributed by atoms with Gasteiger partial charge in [-0.3, -0.25) is 4.79 Å². The van der Waals surface area contributed by atoms with Crippen molar-refractivity contribution < 1.29 is 4.79 Å². The number of alkyl halides is 1. The van der Waals surface area contributed by atoms with Crippen molar-refractivity contribution in [3.63, 3.8) is 0 Å². The van der Waals surface area contributed by atoms with Crippen LogP contribution >= 0.6 is 11.6 Å². The Balaban J connectivity index is 2.51. The van der Waals surface area contributed by atoms with Crippen LogP contribution in [-0.4, -0.2) is 11.7 Å². The van der Waals surface area contributed by atoms with Gasteiger partial charge in [0.15, 0.2) is 0 Å². The van der Waals surface area contributed by atoms with E-state index in [2.05, 4.69) is 0 Å². The minimum Gasteiger partial charge on any atom is -0.298 e. The molecule has 0 bridgehead atoms. The van der Waals surface area contributed by atoms with Gasteiger partial charge in [0.2, 0.25) is 0 Å². The summed E-state index contributed by atoms with van der Waals surface area (Å²) in [5, 5.41) is 0.248. The highest BCUT2D eigenvalue weighted by molar-refractivity contribution is 6.20. The monoisotopic (exact) mass is 158 g/mol. The van der Waals surface area contributed by atoms with E-state index in [9.17, 15) is 4.79 Å². The molecule has 0 radical (unpaired) electrons. The third-order valence-corrected chi connectivity index (χ3v) is 2.17. The average Bonchev–Trinajstić information content (AvgIpc) is 2.14. The molecule has 1 atom stereocenters. The summed E-state index contributed by atoms with van der Waals surface area (Å²) in [4.78, 5) is 10.3. The molecule has 0 fully saturated rings. The van der Waals surface area contributed by atoms with E-state index < -0.39 is 0 Å². The first kappa shape index (κ1) is 7.80. The number of rotatable bonds is 1. The van der Waals surface area contributed by atoms with Gasteiger partial charge in [-0.1, -0.05) is 6.08 Å². The Morgan fingerprint density at radius 1 is 1.70 bits per heavy atom. The molecule has 0 saturated carbocycles. The molecule has 0 N–H and O–H groups in total. The van der Waals surface area contributed by atoms with E-state index in [1.54, 1.807) is 0 Å². The number of halogens is 1. The van der Waals surface area contributed by atoms with Gasteiger partial charge in [0.25, 0.3) is 0 Å². The van der Waals surface area contributed by atoms with Crippen molar-refractivity contribution >= 4 is 17.9 Å². The summed E-state index contributed by atoms with van der Waals surface area (Å²) in [5.41, 5.74) is 0.920. The number of carbonyl (C=O) groups is 1. The van der Waals surface area contributed by atoms with Crippen molar-refractivity contribution in [2.75, 3.05) is 0 Å². The molecule has 0 spiro atoms. The highest BCUT2D eigenvalue weighted by Crippen LogP contribution is 2.19. The molecule has 0 heterocycles. The second kappa shape index (κ2) is 3.77. The molecule has 0 aromatic rings. The van der Waals surface area contributed by atoms with Crippen LogP contribution in [0.5, 0.6) is 0 Å². The molecule has 0 aromatic heterocycles. The van der Waals surface area contributed by atoms with Gasteiger partial charge in [0, 0.05) is 5.38 Å². The van der Waals surface area contributed by atoms with Crippen molar-refractivity contribution in [1.82, 2.24) is 0 Å². The molecule has 0 amide bonds. The number of allylic oxidation sites excluding steroid dienone is 2. The predicted molar refractivity (Wildman–Crippen MR) is 42.3 cm³/mol. The lowest BCUT2D eigenvalue weighted by Gasteiger charge is -1.99. The Kier molecular flexibility index (Phi) is 2.94. The summed E-state index contributed by atoms with van der Waals surface area (Å²) < 4.78 is 0. The molecule has 2 heteroatoms. The van der Waals surface area contributed by atoms with E-state index in [-0.39, 0.29) is 5.38 Å². The summed E-state index contributed by atoms with van der Waals surface area (Å²) >= 11 is 5.88. The summed E-state index contributed by atoms with van der Waals surface area (Å²) in [7, 11) is 0. The molecule has 0 aliphatic heterocycles. The maximum absolute atomic E-state index is 10.3. The lowest BCUT2D eigenvalue weighted by molar-refractivity contribution is -0.105. The first-order chi connectivity index (χ1) is 4.83. The van der Waals surface area contributed by atoms with Crippen LogP contribution in [0.15, 0.2) is 11.6 Å². The normalized spacial score (nSPS) is 26.9. The zero-order valence-corrected chi connectivity index (χ0v) is 6.60. The SMILES string of the molecule is O=CC1=CCC(Cl)CCC1. The second-order valence-electron chi connectivity index (χ2n) is 2.62. The highest BCUT2D eigenvalue weighted by Gasteiger charge is 2.08. The molecule has 0 aromatic carbocycles. The maximum atomic E-state index is 10.3. The third kappa shape index (κ3) is 2.14. The van der Waals surface area contributed by atoms with Crippen molar-refractivity contribution in [3.05, 3.63) is 11.6 Å². The van der Waals surface area contributed by atoms with Crippen LogP contribution < -0.4 is 0 Å². The molecule has 1 unspecified atom stereocenters. The summed E-state index contributed by atoms with van der Waals surface area (Å²) in [6, 6.07) is 0. The Morgan fingerprint density at radius 2 is 2.50 bits per heavy atom. The van der Waals surface area contributed by atoms with Gasteiger partial charge in [-0.05, 0) is 31.3 Å². The Labute approximate surface area is 66.1 Å². The molecule has 0 saturated heterocycles. The third-order valence-electron chi connectivity index (χ3n) is 1.77. The fraction of sp³-hybridized carbons (Fsp3) is 0.625. The molecule has 1 aliphatic rings. The molecule has 56 valence electrons. The molecule has 1 nitrogen and oxygen atoms in total. The lowest BCUT2D eigenvalue weighted by Crippen LogP contribution is -1.92. The average molecular weight is 159 g/mol. The fourth-order valence-electron chi connectivity index (χ4n) is 1.13. The number of hydrogen-bond acceptors (Lipinski definition) is 1. The zero-order chi connectivity index (χ0) is 7.40. The van der Waals surface area contributed by atoms with Crippen LogP contribution in [0.4, 0.5) is 0 Å². The number of aldehydes is 1. The molecule has 10 heavy (non-hydrogen) atoms. The van der Waals surface area contributed by atoms with Crippen molar-refractivity contribution in [3.8, 4) is 0 Å². The van der Waals surface area contributed by atoms with Gasteiger partial charge in [-0.25, -0.2) is 0 Å². The smallest absolute Gasteiger partial charge is 0.145 e.